The summed E-state index contributed by atoms with van der Waals surface area (Å²) in [5.41, 5.74) is 5.48. The van der Waals surface area contributed by atoms with Gasteiger partial charge in [-0.15, -0.1) is 0 Å². The minimum absolute atomic E-state index is 0.148. The highest BCUT2D eigenvalue weighted by Gasteiger charge is 2.50. The predicted octanol–water partition coefficient (Wildman–Crippen LogP) is 4.32. The van der Waals surface area contributed by atoms with Crippen LogP contribution in [0.25, 0.3) is 16.6 Å². The predicted molar refractivity (Wildman–Crippen MR) is 104 cm³/mol. The first-order valence-electron chi connectivity index (χ1n) is 10.1. The lowest BCUT2D eigenvalue weighted by Crippen LogP contribution is -2.50. The summed E-state index contributed by atoms with van der Waals surface area (Å²) in [5, 5.41) is 5.46. The monoisotopic (exact) mass is 360 g/mol. The van der Waals surface area contributed by atoms with Gasteiger partial charge in [-0.2, -0.15) is 4.98 Å². The summed E-state index contributed by atoms with van der Waals surface area (Å²) in [6, 6.07) is 9.26. The van der Waals surface area contributed by atoms with Crippen molar-refractivity contribution in [2.75, 3.05) is 13.1 Å². The van der Waals surface area contributed by atoms with Crippen molar-refractivity contribution in [1.29, 1.82) is 0 Å². The molecule has 0 amide bonds. The van der Waals surface area contributed by atoms with Gasteiger partial charge >= 0.3 is 0 Å². The Bertz CT molecular complexity index is 1090. The molecule has 2 aromatic heterocycles. The number of aromatic nitrogens is 3. The molecule has 1 saturated heterocycles. The van der Waals surface area contributed by atoms with Gasteiger partial charge in [-0.05, 0) is 56.9 Å². The summed E-state index contributed by atoms with van der Waals surface area (Å²) in [6.45, 7) is 6.59. The minimum Gasteiger partial charge on any atom is -0.332 e. The SMILES string of the molecule is CC[C@@]12C=C(c3nc(C)no3)n3c4c(c5ccccc53)CCN(CCC1)C42. The number of hydrogen-bond donors (Lipinski definition) is 0. The third-order valence-corrected chi connectivity index (χ3v) is 7.00. The molecular weight excluding hydrogens is 336 g/mol. The van der Waals surface area contributed by atoms with Crippen LogP contribution in [-0.4, -0.2) is 32.7 Å². The maximum Gasteiger partial charge on any atom is 0.274 e. The van der Waals surface area contributed by atoms with Crippen LogP contribution in [0, 0.1) is 12.3 Å². The summed E-state index contributed by atoms with van der Waals surface area (Å²) in [6.07, 6.45) is 7.20. The van der Waals surface area contributed by atoms with E-state index < -0.39 is 0 Å². The van der Waals surface area contributed by atoms with Crippen LogP contribution in [0.1, 0.15) is 55.2 Å². The number of aryl methyl sites for hydroxylation is 1. The highest BCUT2D eigenvalue weighted by Crippen LogP contribution is 2.57. The fraction of sp³-hybridized carbons (Fsp3) is 0.455. The lowest BCUT2D eigenvalue weighted by atomic mass is 9.66. The third-order valence-electron chi connectivity index (χ3n) is 7.00. The maximum atomic E-state index is 5.67. The highest BCUT2D eigenvalue weighted by atomic mass is 16.5. The molecule has 0 N–H and O–H groups in total. The Morgan fingerprint density at radius 3 is 2.96 bits per heavy atom. The van der Waals surface area contributed by atoms with Gasteiger partial charge in [0, 0.05) is 23.0 Å². The molecule has 0 aliphatic carbocycles. The van der Waals surface area contributed by atoms with Gasteiger partial charge in [0.15, 0.2) is 5.82 Å². The first kappa shape index (κ1) is 15.6. The van der Waals surface area contributed by atoms with E-state index in [2.05, 4.69) is 56.9 Å². The third kappa shape index (κ3) is 1.93. The second kappa shape index (κ2) is 5.32. The van der Waals surface area contributed by atoms with Crippen LogP contribution in [0.2, 0.25) is 0 Å². The molecule has 0 bridgehead atoms. The Balaban J connectivity index is 1.73. The second-order valence-electron chi connectivity index (χ2n) is 8.27. The molecule has 0 radical (unpaired) electrons. The van der Waals surface area contributed by atoms with Crippen LogP contribution >= 0.6 is 0 Å². The summed E-state index contributed by atoms with van der Waals surface area (Å²) in [7, 11) is 0. The molecule has 6 rings (SSSR count). The van der Waals surface area contributed by atoms with Gasteiger partial charge in [0.1, 0.15) is 5.70 Å². The average Bonchev–Trinajstić information content (AvgIpc) is 3.28. The van der Waals surface area contributed by atoms with Gasteiger partial charge < -0.3 is 9.09 Å². The molecule has 2 atom stereocenters. The van der Waals surface area contributed by atoms with Crippen LogP contribution in [0.15, 0.2) is 34.9 Å². The first-order valence-corrected chi connectivity index (χ1v) is 10.1. The molecular formula is C22H24N4O. The topological polar surface area (TPSA) is 47.1 Å². The largest absolute Gasteiger partial charge is 0.332 e. The summed E-state index contributed by atoms with van der Waals surface area (Å²) in [4.78, 5) is 7.33. The van der Waals surface area contributed by atoms with Gasteiger partial charge in [0.25, 0.3) is 5.89 Å². The lowest BCUT2D eigenvalue weighted by molar-refractivity contribution is 0.0269. The Hall–Kier alpha value is -2.40. The van der Waals surface area contributed by atoms with E-state index in [9.17, 15) is 0 Å². The summed E-state index contributed by atoms with van der Waals surface area (Å²) in [5.74, 6) is 1.33. The Kier molecular flexibility index (Phi) is 3.08. The molecule has 1 fully saturated rings. The van der Waals surface area contributed by atoms with Crippen molar-refractivity contribution in [1.82, 2.24) is 19.6 Å². The van der Waals surface area contributed by atoms with E-state index in [0.717, 1.165) is 25.1 Å². The van der Waals surface area contributed by atoms with Gasteiger partial charge in [-0.1, -0.05) is 30.3 Å². The van der Waals surface area contributed by atoms with Gasteiger partial charge in [0.2, 0.25) is 0 Å². The molecule has 0 spiro atoms. The van der Waals surface area contributed by atoms with Crippen LogP contribution in [-0.2, 0) is 6.42 Å². The number of hydrogen-bond acceptors (Lipinski definition) is 4. The molecule has 1 aromatic carbocycles. The molecule has 5 heterocycles. The molecule has 3 aliphatic heterocycles. The van der Waals surface area contributed by atoms with E-state index in [1.54, 1.807) is 0 Å². The van der Waals surface area contributed by atoms with Crippen LogP contribution in [0.3, 0.4) is 0 Å². The molecule has 5 heteroatoms. The van der Waals surface area contributed by atoms with E-state index in [1.165, 1.54) is 41.5 Å². The standard InChI is InChI=1S/C22H24N4O/c1-3-22-10-6-11-25-12-9-16-15-7-4-5-8-17(15)26(19(16)20(22)25)18(13-22)21-23-14(2)24-27-21/h4-5,7-8,13,20H,3,6,9-12H2,1-2H3/t20?,22-/m0/s1. The van der Waals surface area contributed by atoms with Crippen LogP contribution < -0.4 is 0 Å². The highest BCUT2D eigenvalue weighted by molar-refractivity contribution is 5.91. The number of para-hydroxylation sites is 1. The number of piperidine rings is 1. The number of fused-ring (bicyclic) bond motifs is 3. The smallest absolute Gasteiger partial charge is 0.274 e. The van der Waals surface area contributed by atoms with Crippen molar-refractivity contribution in [3.05, 3.63) is 53.3 Å². The molecule has 138 valence electrons. The molecule has 0 saturated carbocycles. The van der Waals surface area contributed by atoms with Gasteiger partial charge in [-0.3, -0.25) is 4.90 Å². The average molecular weight is 360 g/mol. The zero-order valence-corrected chi connectivity index (χ0v) is 15.9. The quantitative estimate of drug-likeness (QED) is 0.683. The fourth-order valence-corrected chi connectivity index (χ4v) is 5.84. The van der Waals surface area contributed by atoms with E-state index in [-0.39, 0.29) is 5.41 Å². The normalized spacial score (nSPS) is 26.9. The van der Waals surface area contributed by atoms with Crippen molar-refractivity contribution in [3.8, 4) is 0 Å². The van der Waals surface area contributed by atoms with E-state index in [1.807, 2.05) is 6.92 Å². The van der Waals surface area contributed by atoms with Gasteiger partial charge in [-0.25, -0.2) is 0 Å². The fourth-order valence-electron chi connectivity index (χ4n) is 5.84. The molecule has 27 heavy (non-hydrogen) atoms. The van der Waals surface area contributed by atoms with Crippen LogP contribution in [0.4, 0.5) is 0 Å². The van der Waals surface area contributed by atoms with E-state index in [4.69, 9.17) is 4.52 Å². The molecule has 3 aromatic rings. The molecule has 1 unspecified atom stereocenters. The van der Waals surface area contributed by atoms with Crippen molar-refractivity contribution < 1.29 is 4.52 Å². The first-order chi connectivity index (χ1) is 13.2. The maximum absolute atomic E-state index is 5.67. The van der Waals surface area contributed by atoms with E-state index >= 15 is 0 Å². The Morgan fingerprint density at radius 2 is 2.15 bits per heavy atom. The number of benzene rings is 1. The zero-order chi connectivity index (χ0) is 18.2. The second-order valence-corrected chi connectivity index (χ2v) is 8.27. The molecule has 3 aliphatic rings. The number of nitrogens with zero attached hydrogens (tertiary/aromatic N) is 4. The van der Waals surface area contributed by atoms with Crippen molar-refractivity contribution in [2.45, 2.75) is 45.6 Å². The van der Waals surface area contributed by atoms with Crippen molar-refractivity contribution in [2.24, 2.45) is 5.41 Å². The van der Waals surface area contributed by atoms with Crippen molar-refractivity contribution >= 4 is 16.6 Å². The molecule has 5 nitrogen and oxygen atoms in total. The van der Waals surface area contributed by atoms with Crippen LogP contribution in [0.5, 0.6) is 0 Å². The Morgan fingerprint density at radius 1 is 1.26 bits per heavy atom. The van der Waals surface area contributed by atoms with E-state index in [0.29, 0.717) is 17.8 Å². The summed E-state index contributed by atoms with van der Waals surface area (Å²) >= 11 is 0. The minimum atomic E-state index is 0.148. The lowest BCUT2D eigenvalue weighted by Gasteiger charge is -2.53. The Labute approximate surface area is 158 Å². The van der Waals surface area contributed by atoms with Gasteiger partial charge in [0.05, 0.1) is 11.6 Å². The summed E-state index contributed by atoms with van der Waals surface area (Å²) < 4.78 is 8.09. The number of rotatable bonds is 2. The zero-order valence-electron chi connectivity index (χ0n) is 15.9. The van der Waals surface area contributed by atoms with Crippen molar-refractivity contribution in [3.63, 3.8) is 0 Å².